The molecule has 1 heterocycles. The van der Waals surface area contributed by atoms with E-state index in [9.17, 15) is 4.79 Å². The molecule has 1 N–H and O–H groups in total. The molecule has 0 aliphatic carbocycles. The van der Waals surface area contributed by atoms with E-state index in [1.165, 1.54) is 7.11 Å². The number of nitrogens with zero attached hydrogens (tertiary/aromatic N) is 1. The number of aryl methyl sites for hydroxylation is 1. The summed E-state index contributed by atoms with van der Waals surface area (Å²) in [6.45, 7) is 2.54. The molecule has 0 radical (unpaired) electrons. The summed E-state index contributed by atoms with van der Waals surface area (Å²) in [5.41, 5.74) is 3.14. The first-order valence-corrected chi connectivity index (χ1v) is 6.84. The Balaban J connectivity index is 2.15. The van der Waals surface area contributed by atoms with Crippen LogP contribution in [0.3, 0.4) is 0 Å². The molecule has 0 aliphatic rings. The molecule has 1 amide bonds. The first-order chi connectivity index (χ1) is 9.20. The van der Waals surface area contributed by atoms with Gasteiger partial charge >= 0.3 is 0 Å². The topological polar surface area (TPSA) is 51.2 Å². The van der Waals surface area contributed by atoms with Crippen molar-refractivity contribution < 1.29 is 9.53 Å². The largest absolute Gasteiger partial charge is 0.375 e. The fourth-order valence-corrected chi connectivity index (χ4v) is 2.59. The number of carbonyl (C=O) groups is 1. The fourth-order valence-electron chi connectivity index (χ4n) is 1.74. The molecule has 0 fully saturated rings. The quantitative estimate of drug-likeness (QED) is 0.912. The molecule has 2 aromatic rings. The molecule has 2 rings (SSSR count). The van der Waals surface area contributed by atoms with E-state index in [4.69, 9.17) is 4.74 Å². The van der Waals surface area contributed by atoms with E-state index in [1.54, 1.807) is 11.3 Å². The summed E-state index contributed by atoms with van der Waals surface area (Å²) in [5, 5.41) is 5.83. The summed E-state index contributed by atoms with van der Waals surface area (Å²) in [5.74, 6) is -0.118. The lowest BCUT2D eigenvalue weighted by Gasteiger charge is -2.08. The van der Waals surface area contributed by atoms with Crippen LogP contribution in [0.4, 0.5) is 0 Å². The van der Waals surface area contributed by atoms with Crippen LogP contribution in [-0.2, 0) is 16.1 Å². The van der Waals surface area contributed by atoms with Gasteiger partial charge in [-0.1, -0.05) is 24.3 Å². The minimum atomic E-state index is -0.118. The molecule has 0 atom stereocenters. The van der Waals surface area contributed by atoms with Gasteiger partial charge in [0.25, 0.3) is 0 Å². The predicted octanol–water partition coefficient (Wildman–Crippen LogP) is 2.38. The lowest BCUT2D eigenvalue weighted by molar-refractivity contribution is -0.124. The van der Waals surface area contributed by atoms with Crippen molar-refractivity contribution in [3.8, 4) is 10.6 Å². The van der Waals surface area contributed by atoms with Crippen molar-refractivity contribution in [1.82, 2.24) is 10.3 Å². The highest BCUT2D eigenvalue weighted by Gasteiger charge is 2.09. The van der Waals surface area contributed by atoms with Gasteiger partial charge in [0.1, 0.15) is 11.6 Å². The monoisotopic (exact) mass is 276 g/mol. The first-order valence-electron chi connectivity index (χ1n) is 5.96. The zero-order valence-electron chi connectivity index (χ0n) is 11.0. The molecule has 0 unspecified atom stereocenters. The number of ether oxygens (including phenoxy) is 1. The normalized spacial score (nSPS) is 10.4. The Morgan fingerprint density at radius 3 is 2.89 bits per heavy atom. The van der Waals surface area contributed by atoms with Crippen molar-refractivity contribution in [1.29, 1.82) is 0 Å². The average Bonchev–Trinajstić information content (AvgIpc) is 2.84. The van der Waals surface area contributed by atoms with Crippen molar-refractivity contribution in [2.24, 2.45) is 0 Å². The van der Waals surface area contributed by atoms with Crippen LogP contribution in [0.5, 0.6) is 0 Å². The van der Waals surface area contributed by atoms with E-state index in [-0.39, 0.29) is 12.5 Å². The number of hydrogen-bond donors (Lipinski definition) is 1. The number of thiazole rings is 1. The van der Waals surface area contributed by atoms with Crippen molar-refractivity contribution >= 4 is 17.2 Å². The third-order valence-electron chi connectivity index (χ3n) is 2.62. The molecule has 0 saturated heterocycles. The Morgan fingerprint density at radius 2 is 2.21 bits per heavy atom. The van der Waals surface area contributed by atoms with Crippen LogP contribution < -0.4 is 5.32 Å². The maximum absolute atomic E-state index is 11.4. The Bertz CT molecular complexity index is 566. The molecule has 1 aromatic carbocycles. The summed E-state index contributed by atoms with van der Waals surface area (Å²) >= 11 is 1.61. The van der Waals surface area contributed by atoms with E-state index in [0.29, 0.717) is 6.54 Å². The number of amides is 1. The second-order valence-electron chi connectivity index (χ2n) is 4.16. The number of methoxy groups -OCH3 is 1. The van der Waals surface area contributed by atoms with Crippen molar-refractivity contribution in [2.45, 2.75) is 13.5 Å². The number of carbonyl (C=O) groups excluding carboxylic acids is 1. The second kappa shape index (κ2) is 6.45. The van der Waals surface area contributed by atoms with E-state index >= 15 is 0 Å². The summed E-state index contributed by atoms with van der Waals surface area (Å²) in [6.07, 6.45) is 0. The minimum absolute atomic E-state index is 0.0819. The number of rotatable bonds is 5. The van der Waals surface area contributed by atoms with Gasteiger partial charge < -0.3 is 10.1 Å². The van der Waals surface area contributed by atoms with Gasteiger partial charge in [-0.05, 0) is 12.5 Å². The molecule has 0 bridgehead atoms. The highest BCUT2D eigenvalue weighted by atomic mass is 32.1. The van der Waals surface area contributed by atoms with Gasteiger partial charge in [0, 0.05) is 30.3 Å². The number of aromatic nitrogens is 1. The standard InChI is InChI=1S/C14H16N2O2S/c1-10-9-19-14(16-10)12-6-4-3-5-11(12)7-15-13(17)8-18-2/h3-6,9H,7-8H2,1-2H3,(H,15,17). The number of nitrogens with one attached hydrogen (secondary N) is 1. The van der Waals surface area contributed by atoms with Crippen LogP contribution in [0.15, 0.2) is 29.6 Å². The molecule has 4 nitrogen and oxygen atoms in total. The highest BCUT2D eigenvalue weighted by molar-refractivity contribution is 7.13. The molecular formula is C14H16N2O2S. The summed E-state index contributed by atoms with van der Waals surface area (Å²) < 4.78 is 4.79. The van der Waals surface area contributed by atoms with E-state index in [1.807, 2.05) is 36.6 Å². The smallest absolute Gasteiger partial charge is 0.246 e. The van der Waals surface area contributed by atoms with Gasteiger partial charge in [0.15, 0.2) is 0 Å². The van der Waals surface area contributed by atoms with Crippen LogP contribution in [0.25, 0.3) is 10.6 Å². The number of hydrogen-bond acceptors (Lipinski definition) is 4. The van der Waals surface area contributed by atoms with Gasteiger partial charge in [-0.3, -0.25) is 4.79 Å². The maximum Gasteiger partial charge on any atom is 0.246 e. The van der Waals surface area contributed by atoms with Crippen LogP contribution in [0.1, 0.15) is 11.3 Å². The Morgan fingerprint density at radius 1 is 1.42 bits per heavy atom. The van der Waals surface area contributed by atoms with Gasteiger partial charge in [0.2, 0.25) is 5.91 Å². The van der Waals surface area contributed by atoms with E-state index < -0.39 is 0 Å². The number of benzene rings is 1. The van der Waals surface area contributed by atoms with Crippen LogP contribution >= 0.6 is 11.3 Å². The third kappa shape index (κ3) is 3.62. The fraction of sp³-hybridized carbons (Fsp3) is 0.286. The average molecular weight is 276 g/mol. The maximum atomic E-state index is 11.4. The Hall–Kier alpha value is -1.72. The molecule has 1 aromatic heterocycles. The molecule has 0 aliphatic heterocycles. The second-order valence-corrected chi connectivity index (χ2v) is 5.02. The van der Waals surface area contributed by atoms with Crippen LogP contribution in [0.2, 0.25) is 0 Å². The summed E-state index contributed by atoms with van der Waals surface area (Å²) in [4.78, 5) is 15.9. The Kier molecular flexibility index (Phi) is 4.65. The summed E-state index contributed by atoms with van der Waals surface area (Å²) in [7, 11) is 1.51. The SMILES string of the molecule is COCC(=O)NCc1ccccc1-c1nc(C)cs1. The van der Waals surface area contributed by atoms with Crippen molar-refractivity contribution in [3.05, 3.63) is 40.9 Å². The van der Waals surface area contributed by atoms with E-state index in [0.717, 1.165) is 21.8 Å². The highest BCUT2D eigenvalue weighted by Crippen LogP contribution is 2.26. The molecular weight excluding hydrogens is 260 g/mol. The lowest BCUT2D eigenvalue weighted by atomic mass is 10.1. The first kappa shape index (κ1) is 13.7. The summed E-state index contributed by atoms with van der Waals surface area (Å²) in [6, 6.07) is 7.96. The lowest BCUT2D eigenvalue weighted by Crippen LogP contribution is -2.26. The van der Waals surface area contributed by atoms with Gasteiger partial charge in [-0.15, -0.1) is 11.3 Å². The zero-order valence-corrected chi connectivity index (χ0v) is 11.8. The van der Waals surface area contributed by atoms with Crippen LogP contribution in [-0.4, -0.2) is 24.6 Å². The van der Waals surface area contributed by atoms with Crippen molar-refractivity contribution in [3.63, 3.8) is 0 Å². The van der Waals surface area contributed by atoms with Gasteiger partial charge in [0.05, 0.1) is 0 Å². The van der Waals surface area contributed by atoms with E-state index in [2.05, 4.69) is 10.3 Å². The van der Waals surface area contributed by atoms with Gasteiger partial charge in [-0.25, -0.2) is 4.98 Å². The molecule has 5 heteroatoms. The molecule has 19 heavy (non-hydrogen) atoms. The Labute approximate surface area is 116 Å². The minimum Gasteiger partial charge on any atom is -0.375 e. The zero-order chi connectivity index (χ0) is 13.7. The molecule has 0 spiro atoms. The predicted molar refractivity (Wildman–Crippen MR) is 76.0 cm³/mol. The third-order valence-corrected chi connectivity index (χ3v) is 3.61. The van der Waals surface area contributed by atoms with Crippen molar-refractivity contribution in [2.75, 3.05) is 13.7 Å². The molecule has 0 saturated carbocycles. The van der Waals surface area contributed by atoms with Crippen LogP contribution in [0, 0.1) is 6.92 Å². The molecule has 100 valence electrons. The van der Waals surface area contributed by atoms with Gasteiger partial charge in [-0.2, -0.15) is 0 Å².